The van der Waals surface area contributed by atoms with Crippen LogP contribution >= 0.6 is 0 Å². The predicted molar refractivity (Wildman–Crippen MR) is 118 cm³/mol. The third kappa shape index (κ3) is 5.39. The van der Waals surface area contributed by atoms with E-state index in [1.54, 1.807) is 30.7 Å². The van der Waals surface area contributed by atoms with E-state index in [1.807, 2.05) is 11.0 Å². The van der Waals surface area contributed by atoms with Crippen molar-refractivity contribution < 1.29 is 9.59 Å². The second-order valence-electron chi connectivity index (χ2n) is 7.62. The molecule has 10 heteroatoms. The Hall–Kier alpha value is -3.43. The van der Waals surface area contributed by atoms with Crippen LogP contribution in [0.2, 0.25) is 0 Å². The molecule has 2 aromatic rings. The maximum atomic E-state index is 12.5. The van der Waals surface area contributed by atoms with Crippen LogP contribution in [0.1, 0.15) is 19.3 Å². The molecule has 3 amide bonds. The number of urea groups is 1. The highest BCUT2D eigenvalue weighted by Crippen LogP contribution is 2.25. The summed E-state index contributed by atoms with van der Waals surface area (Å²) in [7, 11) is 0. The fraction of sp³-hybridized carbons (Fsp3) is 0.476. The van der Waals surface area contributed by atoms with E-state index in [9.17, 15) is 9.59 Å². The standard InChI is InChI=1S/C21H28N8O2/c30-18(27-13-15-29(16-14-27)20-23-8-4-9-24-20)6-10-25-21(31)26-17-5-3-7-22-19(17)28-11-1-2-12-28/h3-5,7-9H,1-2,6,10-16H2,(H2,25,26,31). The first-order valence-corrected chi connectivity index (χ1v) is 10.8. The van der Waals surface area contributed by atoms with E-state index in [2.05, 4.69) is 35.4 Å². The molecule has 0 aliphatic carbocycles. The van der Waals surface area contributed by atoms with Gasteiger partial charge < -0.3 is 25.3 Å². The molecule has 10 nitrogen and oxygen atoms in total. The van der Waals surface area contributed by atoms with Crippen LogP contribution in [0.25, 0.3) is 0 Å². The molecule has 0 spiro atoms. The van der Waals surface area contributed by atoms with Crippen LogP contribution in [0.3, 0.4) is 0 Å². The second-order valence-corrected chi connectivity index (χ2v) is 7.62. The van der Waals surface area contributed by atoms with Crippen molar-refractivity contribution in [2.75, 3.05) is 60.9 Å². The summed E-state index contributed by atoms with van der Waals surface area (Å²) in [6.45, 7) is 4.83. The number of nitrogens with one attached hydrogen (secondary N) is 2. The Morgan fingerprint density at radius 2 is 1.58 bits per heavy atom. The largest absolute Gasteiger partial charge is 0.355 e. The van der Waals surface area contributed by atoms with Crippen LogP contribution < -0.4 is 20.4 Å². The van der Waals surface area contributed by atoms with Crippen LogP contribution in [-0.2, 0) is 4.79 Å². The number of piperazine rings is 1. The molecule has 0 saturated carbocycles. The van der Waals surface area contributed by atoms with Crippen molar-refractivity contribution in [3.05, 3.63) is 36.8 Å². The highest BCUT2D eigenvalue weighted by molar-refractivity contribution is 5.92. The van der Waals surface area contributed by atoms with Gasteiger partial charge in [-0.25, -0.2) is 19.7 Å². The van der Waals surface area contributed by atoms with E-state index in [0.717, 1.165) is 31.7 Å². The van der Waals surface area contributed by atoms with Gasteiger partial charge in [0.05, 0.1) is 5.69 Å². The van der Waals surface area contributed by atoms with Gasteiger partial charge in [0, 0.05) is 70.8 Å². The van der Waals surface area contributed by atoms with Gasteiger partial charge in [0.2, 0.25) is 11.9 Å². The summed E-state index contributed by atoms with van der Waals surface area (Å²) in [5.41, 5.74) is 0.687. The molecule has 4 heterocycles. The quantitative estimate of drug-likeness (QED) is 0.720. The van der Waals surface area contributed by atoms with Crippen molar-refractivity contribution in [1.29, 1.82) is 0 Å². The minimum Gasteiger partial charge on any atom is -0.355 e. The number of hydrogen-bond acceptors (Lipinski definition) is 7. The summed E-state index contributed by atoms with van der Waals surface area (Å²) >= 11 is 0. The molecule has 0 aromatic carbocycles. The predicted octanol–water partition coefficient (Wildman–Crippen LogP) is 1.33. The minimum atomic E-state index is -0.327. The van der Waals surface area contributed by atoms with E-state index in [1.165, 1.54) is 0 Å². The van der Waals surface area contributed by atoms with Crippen molar-refractivity contribution in [1.82, 2.24) is 25.2 Å². The molecule has 0 radical (unpaired) electrons. The van der Waals surface area contributed by atoms with Crippen molar-refractivity contribution in [2.45, 2.75) is 19.3 Å². The summed E-state index contributed by atoms with van der Waals surface area (Å²) in [4.78, 5) is 43.8. The lowest BCUT2D eigenvalue weighted by Gasteiger charge is -2.34. The van der Waals surface area contributed by atoms with Crippen LogP contribution in [0.5, 0.6) is 0 Å². The molecule has 4 rings (SSSR count). The number of amides is 3. The summed E-state index contributed by atoms with van der Waals surface area (Å²) in [5, 5.41) is 5.64. The summed E-state index contributed by atoms with van der Waals surface area (Å²) in [6, 6.07) is 5.11. The summed E-state index contributed by atoms with van der Waals surface area (Å²) < 4.78 is 0. The van der Waals surface area contributed by atoms with Gasteiger partial charge in [-0.05, 0) is 31.0 Å². The Kier molecular flexibility index (Phi) is 6.75. The Bertz CT molecular complexity index is 880. The molecular weight excluding hydrogens is 396 g/mol. The zero-order valence-electron chi connectivity index (χ0n) is 17.5. The Morgan fingerprint density at radius 3 is 2.32 bits per heavy atom. The zero-order chi connectivity index (χ0) is 21.5. The molecule has 2 aromatic heterocycles. The fourth-order valence-electron chi connectivity index (χ4n) is 3.89. The molecule has 2 saturated heterocycles. The third-order valence-electron chi connectivity index (χ3n) is 5.53. The molecule has 164 valence electrons. The zero-order valence-corrected chi connectivity index (χ0v) is 17.5. The van der Waals surface area contributed by atoms with Crippen LogP contribution in [0.15, 0.2) is 36.8 Å². The van der Waals surface area contributed by atoms with Gasteiger partial charge in [-0.15, -0.1) is 0 Å². The van der Waals surface area contributed by atoms with Crippen LogP contribution in [0, 0.1) is 0 Å². The molecule has 2 aliphatic rings. The van der Waals surface area contributed by atoms with Gasteiger partial charge in [-0.3, -0.25) is 4.79 Å². The van der Waals surface area contributed by atoms with Crippen molar-refractivity contribution >= 4 is 29.4 Å². The number of hydrogen-bond donors (Lipinski definition) is 2. The highest BCUT2D eigenvalue weighted by Gasteiger charge is 2.22. The van der Waals surface area contributed by atoms with Gasteiger partial charge >= 0.3 is 6.03 Å². The smallest absolute Gasteiger partial charge is 0.319 e. The first kappa shape index (κ1) is 20.8. The highest BCUT2D eigenvalue weighted by atomic mass is 16.2. The van der Waals surface area contributed by atoms with Crippen LogP contribution in [0.4, 0.5) is 22.2 Å². The minimum absolute atomic E-state index is 0.0352. The summed E-state index contributed by atoms with van der Waals surface area (Å²) in [5.74, 6) is 1.52. The Balaban J connectivity index is 1.19. The molecule has 0 atom stereocenters. The first-order valence-electron chi connectivity index (χ1n) is 10.8. The SMILES string of the molecule is O=C(NCCC(=O)N1CCN(c2ncccn2)CC1)Nc1cccnc1N1CCCC1. The number of carbonyl (C=O) groups is 2. The van der Waals surface area contributed by atoms with Gasteiger partial charge in [0.1, 0.15) is 0 Å². The van der Waals surface area contributed by atoms with Gasteiger partial charge in [0.25, 0.3) is 0 Å². The lowest BCUT2D eigenvalue weighted by molar-refractivity contribution is -0.131. The fourth-order valence-corrected chi connectivity index (χ4v) is 3.89. The molecule has 0 bridgehead atoms. The molecule has 2 fully saturated rings. The first-order chi connectivity index (χ1) is 15.2. The molecule has 31 heavy (non-hydrogen) atoms. The Morgan fingerprint density at radius 1 is 0.871 bits per heavy atom. The maximum absolute atomic E-state index is 12.5. The number of pyridine rings is 1. The average Bonchev–Trinajstić information content (AvgIpc) is 3.35. The number of carbonyl (C=O) groups excluding carboxylic acids is 2. The molecule has 2 aliphatic heterocycles. The van der Waals surface area contributed by atoms with Crippen molar-refractivity contribution in [3.8, 4) is 0 Å². The maximum Gasteiger partial charge on any atom is 0.319 e. The van der Waals surface area contributed by atoms with E-state index >= 15 is 0 Å². The number of aromatic nitrogens is 3. The third-order valence-corrected chi connectivity index (χ3v) is 5.53. The van der Waals surface area contributed by atoms with Crippen molar-refractivity contribution in [2.24, 2.45) is 0 Å². The average molecular weight is 425 g/mol. The van der Waals surface area contributed by atoms with Crippen LogP contribution in [-0.4, -0.2) is 77.6 Å². The van der Waals surface area contributed by atoms with E-state index < -0.39 is 0 Å². The second kappa shape index (κ2) is 10.1. The number of anilines is 3. The lowest BCUT2D eigenvalue weighted by Crippen LogP contribution is -2.49. The van der Waals surface area contributed by atoms with E-state index in [0.29, 0.717) is 37.8 Å². The normalized spacial score (nSPS) is 16.3. The molecular formula is C21H28N8O2. The topological polar surface area (TPSA) is 107 Å². The molecule has 2 N–H and O–H groups in total. The lowest BCUT2D eigenvalue weighted by atomic mass is 10.3. The van der Waals surface area contributed by atoms with E-state index in [4.69, 9.17) is 0 Å². The van der Waals surface area contributed by atoms with Gasteiger partial charge in [-0.1, -0.05) is 0 Å². The van der Waals surface area contributed by atoms with Gasteiger partial charge in [-0.2, -0.15) is 0 Å². The Labute approximate surface area is 181 Å². The summed E-state index contributed by atoms with van der Waals surface area (Å²) in [6.07, 6.45) is 7.71. The van der Waals surface area contributed by atoms with Crippen molar-refractivity contribution in [3.63, 3.8) is 0 Å². The number of nitrogens with zero attached hydrogens (tertiary/aromatic N) is 6. The molecule has 0 unspecified atom stereocenters. The number of rotatable bonds is 6. The monoisotopic (exact) mass is 424 g/mol. The van der Waals surface area contributed by atoms with E-state index in [-0.39, 0.29) is 24.9 Å². The van der Waals surface area contributed by atoms with Gasteiger partial charge in [0.15, 0.2) is 5.82 Å².